The number of carbonyl (C=O) groups is 1. The first-order chi connectivity index (χ1) is 8.47. The fourth-order valence-corrected chi connectivity index (χ4v) is 1.76. The summed E-state index contributed by atoms with van der Waals surface area (Å²) in [4.78, 5) is 15.1. The van der Waals surface area contributed by atoms with Gasteiger partial charge in [-0.05, 0) is 32.0 Å². The van der Waals surface area contributed by atoms with Crippen molar-refractivity contribution in [2.24, 2.45) is 0 Å². The number of rotatable bonds is 4. The van der Waals surface area contributed by atoms with Gasteiger partial charge in [-0.15, -0.1) is 0 Å². The summed E-state index contributed by atoms with van der Waals surface area (Å²) in [6, 6.07) is 4.24. The van der Waals surface area contributed by atoms with E-state index in [9.17, 15) is 9.18 Å². The van der Waals surface area contributed by atoms with Crippen molar-refractivity contribution < 1.29 is 14.3 Å². The molecule has 1 heterocycles. The van der Waals surface area contributed by atoms with E-state index in [2.05, 4.69) is 10.3 Å². The predicted octanol–water partition coefficient (Wildman–Crippen LogP) is 2.08. The van der Waals surface area contributed by atoms with E-state index < -0.39 is 11.8 Å². The monoisotopic (exact) mass is 251 g/mol. The molecule has 0 spiro atoms. The van der Waals surface area contributed by atoms with Gasteiger partial charge < -0.3 is 10.4 Å². The van der Waals surface area contributed by atoms with Crippen molar-refractivity contribution >= 4 is 23.0 Å². The van der Waals surface area contributed by atoms with Gasteiger partial charge >= 0.3 is 5.97 Å². The van der Waals surface area contributed by atoms with Gasteiger partial charge in [0.15, 0.2) is 0 Å². The molecule has 5 nitrogen and oxygen atoms in total. The number of carboxylic acid groups (broad SMARTS) is 1. The van der Waals surface area contributed by atoms with Gasteiger partial charge in [0.25, 0.3) is 0 Å². The molecule has 0 saturated heterocycles. The quantitative estimate of drug-likeness (QED) is 0.873. The van der Waals surface area contributed by atoms with Crippen molar-refractivity contribution in [2.45, 2.75) is 26.4 Å². The number of fused-ring (bicyclic) bond motifs is 1. The Balaban J connectivity index is 2.57. The zero-order valence-corrected chi connectivity index (χ0v) is 10.1. The van der Waals surface area contributed by atoms with Crippen LogP contribution in [0.25, 0.3) is 11.0 Å². The molecule has 0 atom stereocenters. The number of imidazole rings is 1. The maximum atomic E-state index is 13.2. The fourth-order valence-electron chi connectivity index (χ4n) is 1.76. The van der Waals surface area contributed by atoms with Crippen molar-refractivity contribution in [2.75, 3.05) is 5.32 Å². The first-order valence-corrected chi connectivity index (χ1v) is 5.61. The molecule has 1 aromatic heterocycles. The number of hydrogen-bond donors (Lipinski definition) is 2. The van der Waals surface area contributed by atoms with Crippen LogP contribution in [-0.2, 0) is 11.3 Å². The van der Waals surface area contributed by atoms with E-state index in [1.54, 1.807) is 0 Å². The molecule has 96 valence electrons. The Labute approximate surface area is 103 Å². The Morgan fingerprint density at radius 3 is 2.89 bits per heavy atom. The first kappa shape index (κ1) is 12.3. The summed E-state index contributed by atoms with van der Waals surface area (Å²) in [7, 11) is 0. The average Bonchev–Trinajstić information content (AvgIpc) is 2.55. The number of nitrogens with zero attached hydrogens (tertiary/aromatic N) is 2. The van der Waals surface area contributed by atoms with E-state index in [4.69, 9.17) is 5.11 Å². The highest BCUT2D eigenvalue weighted by atomic mass is 19.1. The summed E-state index contributed by atoms with van der Waals surface area (Å²) in [6.07, 6.45) is 0. The normalized spacial score (nSPS) is 11.1. The van der Waals surface area contributed by atoms with Crippen LogP contribution in [-0.4, -0.2) is 26.7 Å². The molecule has 18 heavy (non-hydrogen) atoms. The Kier molecular flexibility index (Phi) is 3.18. The molecule has 2 aromatic rings. The van der Waals surface area contributed by atoms with E-state index in [0.717, 1.165) is 0 Å². The van der Waals surface area contributed by atoms with E-state index in [-0.39, 0.29) is 12.6 Å². The molecule has 0 saturated carbocycles. The minimum atomic E-state index is -0.995. The van der Waals surface area contributed by atoms with Gasteiger partial charge in [0.1, 0.15) is 12.4 Å². The summed E-state index contributed by atoms with van der Waals surface area (Å²) in [5.41, 5.74) is 1.04. The minimum Gasteiger partial charge on any atom is -0.480 e. The summed E-state index contributed by atoms with van der Waals surface area (Å²) in [6.45, 7) is 3.59. The van der Waals surface area contributed by atoms with E-state index in [0.29, 0.717) is 17.0 Å². The third-order valence-electron chi connectivity index (χ3n) is 2.42. The summed E-state index contributed by atoms with van der Waals surface area (Å²) < 4.78 is 14.7. The third kappa shape index (κ3) is 2.42. The zero-order chi connectivity index (χ0) is 13.3. The van der Waals surface area contributed by atoms with Gasteiger partial charge in [-0.2, -0.15) is 0 Å². The zero-order valence-electron chi connectivity index (χ0n) is 10.1. The molecule has 2 N–H and O–H groups in total. The molecule has 0 radical (unpaired) electrons. The standard InChI is InChI=1S/C12H14FN3O2/c1-7(2)14-12-15-9-4-3-8(13)5-10(9)16(12)6-11(17)18/h3-5,7H,6H2,1-2H3,(H,14,15)(H,17,18). The molecule has 6 heteroatoms. The van der Waals surface area contributed by atoms with Gasteiger partial charge in [0.2, 0.25) is 5.95 Å². The van der Waals surface area contributed by atoms with Crippen molar-refractivity contribution in [3.8, 4) is 0 Å². The number of aromatic nitrogens is 2. The van der Waals surface area contributed by atoms with Gasteiger partial charge in [-0.1, -0.05) is 0 Å². The lowest BCUT2D eigenvalue weighted by Gasteiger charge is -2.11. The van der Waals surface area contributed by atoms with Crippen LogP contribution < -0.4 is 5.32 Å². The molecule has 0 unspecified atom stereocenters. The molecule has 0 bridgehead atoms. The molecule has 2 rings (SSSR count). The fraction of sp³-hybridized carbons (Fsp3) is 0.333. The summed E-state index contributed by atoms with van der Waals surface area (Å²) in [5.74, 6) is -0.969. The predicted molar refractivity (Wildman–Crippen MR) is 66.1 cm³/mol. The Hall–Kier alpha value is -2.11. The van der Waals surface area contributed by atoms with Crippen LogP contribution >= 0.6 is 0 Å². The highest BCUT2D eigenvalue weighted by molar-refractivity contribution is 5.81. The van der Waals surface area contributed by atoms with Crippen molar-refractivity contribution in [1.82, 2.24) is 9.55 Å². The summed E-state index contributed by atoms with van der Waals surface area (Å²) in [5, 5.41) is 12.0. The SMILES string of the molecule is CC(C)Nc1nc2ccc(F)cc2n1CC(=O)O. The molecule has 1 aromatic carbocycles. The average molecular weight is 251 g/mol. The number of aliphatic carboxylic acids is 1. The second-order valence-corrected chi connectivity index (χ2v) is 4.35. The van der Waals surface area contributed by atoms with Crippen LogP contribution in [0, 0.1) is 5.82 Å². The molecule has 0 amide bonds. The maximum absolute atomic E-state index is 13.2. The lowest BCUT2D eigenvalue weighted by atomic mass is 10.3. The Bertz CT molecular complexity index is 592. The van der Waals surface area contributed by atoms with Crippen LogP contribution in [0.2, 0.25) is 0 Å². The topological polar surface area (TPSA) is 67.2 Å². The Morgan fingerprint density at radius 1 is 1.56 bits per heavy atom. The smallest absolute Gasteiger partial charge is 0.323 e. The number of carboxylic acids is 1. The number of anilines is 1. The molecular formula is C12H14FN3O2. The minimum absolute atomic E-state index is 0.110. The molecule has 0 aliphatic carbocycles. The van der Waals surface area contributed by atoms with Gasteiger partial charge in [-0.25, -0.2) is 9.37 Å². The van der Waals surface area contributed by atoms with Crippen LogP contribution in [0.1, 0.15) is 13.8 Å². The van der Waals surface area contributed by atoms with Gasteiger partial charge in [0.05, 0.1) is 11.0 Å². The number of nitrogens with one attached hydrogen (secondary N) is 1. The number of halogens is 1. The molecule has 0 aliphatic heterocycles. The second-order valence-electron chi connectivity index (χ2n) is 4.35. The summed E-state index contributed by atoms with van der Waals surface area (Å²) >= 11 is 0. The lowest BCUT2D eigenvalue weighted by Crippen LogP contribution is -2.17. The van der Waals surface area contributed by atoms with E-state index >= 15 is 0 Å². The third-order valence-corrected chi connectivity index (χ3v) is 2.42. The highest BCUT2D eigenvalue weighted by Crippen LogP contribution is 2.21. The van der Waals surface area contributed by atoms with Crippen LogP contribution in [0.15, 0.2) is 18.2 Å². The highest BCUT2D eigenvalue weighted by Gasteiger charge is 2.14. The van der Waals surface area contributed by atoms with Crippen molar-refractivity contribution in [1.29, 1.82) is 0 Å². The Morgan fingerprint density at radius 2 is 2.28 bits per heavy atom. The van der Waals surface area contributed by atoms with Crippen LogP contribution in [0.3, 0.4) is 0 Å². The molecular weight excluding hydrogens is 237 g/mol. The van der Waals surface area contributed by atoms with Crippen LogP contribution in [0.5, 0.6) is 0 Å². The molecule has 0 fully saturated rings. The number of hydrogen-bond acceptors (Lipinski definition) is 3. The van der Waals surface area contributed by atoms with Crippen molar-refractivity contribution in [3.63, 3.8) is 0 Å². The van der Waals surface area contributed by atoms with E-state index in [1.165, 1.54) is 22.8 Å². The lowest BCUT2D eigenvalue weighted by molar-refractivity contribution is -0.137. The first-order valence-electron chi connectivity index (χ1n) is 5.61. The number of benzene rings is 1. The van der Waals surface area contributed by atoms with Gasteiger partial charge in [0, 0.05) is 6.04 Å². The second kappa shape index (κ2) is 4.64. The van der Waals surface area contributed by atoms with Crippen molar-refractivity contribution in [3.05, 3.63) is 24.0 Å². The molecule has 0 aliphatic rings. The van der Waals surface area contributed by atoms with Crippen LogP contribution in [0.4, 0.5) is 10.3 Å². The maximum Gasteiger partial charge on any atom is 0.323 e. The van der Waals surface area contributed by atoms with E-state index in [1.807, 2.05) is 13.8 Å². The largest absolute Gasteiger partial charge is 0.480 e. The van der Waals surface area contributed by atoms with Gasteiger partial charge in [-0.3, -0.25) is 9.36 Å².